The minimum Gasteiger partial charge on any atom is -0.492 e. The van der Waals surface area contributed by atoms with Crippen LogP contribution in [0.15, 0.2) is 60.8 Å². The number of anilines is 4. The third kappa shape index (κ3) is 4.72. The second kappa shape index (κ2) is 8.66. The van der Waals surface area contributed by atoms with Crippen molar-refractivity contribution in [2.24, 2.45) is 0 Å². The smallest absolute Gasteiger partial charge is 0.337 e. The highest BCUT2D eigenvalue weighted by molar-refractivity contribution is 5.89. The molecule has 1 heterocycles. The van der Waals surface area contributed by atoms with Gasteiger partial charge in [0.2, 0.25) is 5.95 Å². The Bertz CT molecular complexity index is 913. The zero-order valence-corrected chi connectivity index (χ0v) is 15.1. The van der Waals surface area contributed by atoms with Gasteiger partial charge in [-0.1, -0.05) is 12.1 Å². The molecule has 7 nitrogen and oxygen atoms in total. The molecule has 0 fully saturated rings. The van der Waals surface area contributed by atoms with E-state index < -0.39 is 0 Å². The van der Waals surface area contributed by atoms with E-state index in [-0.39, 0.29) is 5.97 Å². The number of nitrogens with one attached hydrogen (secondary N) is 2. The summed E-state index contributed by atoms with van der Waals surface area (Å²) in [5, 5.41) is 6.35. The monoisotopic (exact) mass is 364 g/mol. The van der Waals surface area contributed by atoms with Crippen molar-refractivity contribution >= 4 is 29.1 Å². The number of rotatable bonds is 7. The highest BCUT2D eigenvalue weighted by Gasteiger charge is 2.07. The van der Waals surface area contributed by atoms with Crippen molar-refractivity contribution in [3.63, 3.8) is 0 Å². The number of nitrogens with zero attached hydrogens (tertiary/aromatic N) is 2. The lowest BCUT2D eigenvalue weighted by molar-refractivity contribution is 0.0601. The lowest BCUT2D eigenvalue weighted by Crippen LogP contribution is -2.03. The van der Waals surface area contributed by atoms with Crippen LogP contribution in [-0.4, -0.2) is 29.7 Å². The number of esters is 1. The molecule has 0 unspecified atom stereocenters. The molecule has 0 radical (unpaired) electrons. The van der Waals surface area contributed by atoms with Gasteiger partial charge in [-0.15, -0.1) is 0 Å². The second-order valence-electron chi connectivity index (χ2n) is 5.51. The molecule has 0 bridgehead atoms. The van der Waals surface area contributed by atoms with Gasteiger partial charge in [0.25, 0.3) is 0 Å². The zero-order valence-electron chi connectivity index (χ0n) is 15.1. The standard InChI is InChI=1S/C20H20N4O3/c1-3-27-17-7-5-4-6-16(17)23-20-21-13-12-18(24-20)22-15-10-8-14(9-11-15)19(25)26-2/h4-13H,3H2,1-2H3,(H2,21,22,23,24). The van der Waals surface area contributed by atoms with Crippen LogP contribution >= 0.6 is 0 Å². The Kier molecular flexibility index (Phi) is 5.84. The molecular weight excluding hydrogens is 344 g/mol. The number of ether oxygens (including phenoxy) is 2. The van der Waals surface area contributed by atoms with Crippen LogP contribution in [0.5, 0.6) is 5.75 Å². The van der Waals surface area contributed by atoms with Crippen LogP contribution in [0.2, 0.25) is 0 Å². The molecule has 138 valence electrons. The summed E-state index contributed by atoms with van der Waals surface area (Å²) >= 11 is 0. The Labute approximate surface area is 157 Å². The predicted octanol–water partition coefficient (Wildman–Crippen LogP) is 4.15. The van der Waals surface area contributed by atoms with Crippen molar-refractivity contribution in [2.45, 2.75) is 6.92 Å². The van der Waals surface area contributed by atoms with Gasteiger partial charge in [-0.3, -0.25) is 0 Å². The van der Waals surface area contributed by atoms with Crippen molar-refractivity contribution in [3.8, 4) is 5.75 Å². The average molecular weight is 364 g/mol. The summed E-state index contributed by atoms with van der Waals surface area (Å²) in [6.45, 7) is 2.51. The molecule has 0 spiro atoms. The van der Waals surface area contributed by atoms with Gasteiger partial charge in [0, 0.05) is 11.9 Å². The van der Waals surface area contributed by atoms with Crippen molar-refractivity contribution in [3.05, 3.63) is 66.4 Å². The SMILES string of the molecule is CCOc1ccccc1Nc1nccc(Nc2ccc(C(=O)OC)cc2)n1. The van der Waals surface area contributed by atoms with E-state index in [1.165, 1.54) is 7.11 Å². The summed E-state index contributed by atoms with van der Waals surface area (Å²) in [5.74, 6) is 1.42. The third-order valence-corrected chi connectivity index (χ3v) is 3.67. The van der Waals surface area contributed by atoms with Gasteiger partial charge >= 0.3 is 5.97 Å². The quantitative estimate of drug-likeness (QED) is 0.609. The number of carbonyl (C=O) groups excluding carboxylic acids is 1. The fraction of sp³-hybridized carbons (Fsp3) is 0.150. The molecule has 3 aromatic rings. The topological polar surface area (TPSA) is 85.4 Å². The molecule has 0 saturated heterocycles. The van der Waals surface area contributed by atoms with Crippen molar-refractivity contribution < 1.29 is 14.3 Å². The van der Waals surface area contributed by atoms with Gasteiger partial charge in [0.1, 0.15) is 11.6 Å². The highest BCUT2D eigenvalue weighted by Crippen LogP contribution is 2.26. The van der Waals surface area contributed by atoms with Gasteiger partial charge in [-0.25, -0.2) is 9.78 Å². The fourth-order valence-electron chi connectivity index (χ4n) is 2.42. The van der Waals surface area contributed by atoms with Gasteiger partial charge in [-0.2, -0.15) is 4.98 Å². The molecule has 0 aliphatic heterocycles. The molecule has 2 aromatic carbocycles. The van der Waals surface area contributed by atoms with Crippen LogP contribution in [0.3, 0.4) is 0 Å². The van der Waals surface area contributed by atoms with E-state index in [2.05, 4.69) is 20.6 Å². The number of aromatic nitrogens is 2. The maximum Gasteiger partial charge on any atom is 0.337 e. The summed E-state index contributed by atoms with van der Waals surface area (Å²) in [4.78, 5) is 20.2. The van der Waals surface area contributed by atoms with Crippen LogP contribution in [0.25, 0.3) is 0 Å². The average Bonchev–Trinajstić information content (AvgIpc) is 2.70. The lowest BCUT2D eigenvalue weighted by atomic mass is 10.2. The van der Waals surface area contributed by atoms with E-state index in [9.17, 15) is 4.79 Å². The highest BCUT2D eigenvalue weighted by atomic mass is 16.5. The van der Waals surface area contributed by atoms with Crippen LogP contribution in [0.1, 0.15) is 17.3 Å². The van der Waals surface area contributed by atoms with Crippen molar-refractivity contribution in [1.82, 2.24) is 9.97 Å². The van der Waals surface area contributed by atoms with Gasteiger partial charge < -0.3 is 20.1 Å². The molecule has 2 N–H and O–H groups in total. The second-order valence-corrected chi connectivity index (χ2v) is 5.51. The van der Waals surface area contributed by atoms with E-state index in [1.54, 1.807) is 36.5 Å². The normalized spacial score (nSPS) is 10.1. The van der Waals surface area contributed by atoms with Gasteiger partial charge in [-0.05, 0) is 49.4 Å². The first-order valence-corrected chi connectivity index (χ1v) is 8.47. The maximum absolute atomic E-state index is 11.5. The molecule has 0 amide bonds. The van der Waals surface area contributed by atoms with Crippen LogP contribution in [0, 0.1) is 0 Å². The lowest BCUT2D eigenvalue weighted by Gasteiger charge is -2.12. The Morgan fingerprint density at radius 1 is 1.04 bits per heavy atom. The molecule has 3 rings (SSSR count). The number of hydrogen-bond acceptors (Lipinski definition) is 7. The predicted molar refractivity (Wildman–Crippen MR) is 104 cm³/mol. The number of hydrogen-bond donors (Lipinski definition) is 2. The molecule has 27 heavy (non-hydrogen) atoms. The first-order chi connectivity index (χ1) is 13.2. The maximum atomic E-state index is 11.5. The minimum atomic E-state index is -0.372. The van der Waals surface area contributed by atoms with Crippen molar-refractivity contribution in [2.75, 3.05) is 24.4 Å². The molecule has 0 saturated carbocycles. The van der Waals surface area contributed by atoms with E-state index in [4.69, 9.17) is 9.47 Å². The third-order valence-electron chi connectivity index (χ3n) is 3.67. The number of carbonyl (C=O) groups is 1. The zero-order chi connectivity index (χ0) is 19.1. The van der Waals surface area contributed by atoms with Crippen molar-refractivity contribution in [1.29, 1.82) is 0 Å². The molecule has 7 heteroatoms. The molecule has 1 aromatic heterocycles. The van der Waals surface area contributed by atoms with E-state index in [0.29, 0.717) is 23.9 Å². The van der Waals surface area contributed by atoms with E-state index >= 15 is 0 Å². The van der Waals surface area contributed by atoms with Gasteiger partial charge in [0.05, 0.1) is 25.0 Å². The van der Waals surface area contributed by atoms with Crippen LogP contribution in [0.4, 0.5) is 23.1 Å². The molecular formula is C20H20N4O3. The summed E-state index contributed by atoms with van der Waals surface area (Å²) in [6, 6.07) is 16.3. The number of methoxy groups -OCH3 is 1. The largest absolute Gasteiger partial charge is 0.492 e. The Morgan fingerprint density at radius 2 is 1.81 bits per heavy atom. The Hall–Kier alpha value is -3.61. The van der Waals surface area contributed by atoms with Crippen LogP contribution < -0.4 is 15.4 Å². The first-order valence-electron chi connectivity index (χ1n) is 8.47. The fourth-order valence-corrected chi connectivity index (χ4v) is 2.42. The Balaban J connectivity index is 1.73. The van der Waals surface area contributed by atoms with E-state index in [0.717, 1.165) is 17.1 Å². The summed E-state index contributed by atoms with van der Waals surface area (Å²) in [5.41, 5.74) is 2.07. The first kappa shape index (κ1) is 18.2. The molecule has 0 aliphatic carbocycles. The van der Waals surface area contributed by atoms with Crippen LogP contribution in [-0.2, 0) is 4.74 Å². The number of benzene rings is 2. The summed E-state index contributed by atoms with van der Waals surface area (Å²) < 4.78 is 10.3. The molecule has 0 aliphatic rings. The number of para-hydroxylation sites is 2. The molecule has 0 atom stereocenters. The summed E-state index contributed by atoms with van der Waals surface area (Å²) in [6.07, 6.45) is 1.66. The van der Waals surface area contributed by atoms with Gasteiger partial charge in [0.15, 0.2) is 0 Å². The Morgan fingerprint density at radius 3 is 2.56 bits per heavy atom. The minimum absolute atomic E-state index is 0.372. The van der Waals surface area contributed by atoms with E-state index in [1.807, 2.05) is 31.2 Å². The summed E-state index contributed by atoms with van der Waals surface area (Å²) in [7, 11) is 1.35.